The third kappa shape index (κ3) is 2.90. The lowest BCUT2D eigenvalue weighted by atomic mass is 9.80. The summed E-state index contributed by atoms with van der Waals surface area (Å²) in [6.07, 6.45) is 2.57. The van der Waals surface area contributed by atoms with Gasteiger partial charge in [-0.15, -0.1) is 0 Å². The van der Waals surface area contributed by atoms with Crippen LogP contribution >= 0.6 is 0 Å². The zero-order chi connectivity index (χ0) is 20.8. The second-order valence-electron chi connectivity index (χ2n) is 7.96. The van der Waals surface area contributed by atoms with E-state index >= 15 is 0 Å². The van der Waals surface area contributed by atoms with E-state index in [4.69, 9.17) is 5.11 Å². The monoisotopic (exact) mass is 393 g/mol. The molecule has 0 unspecified atom stereocenters. The first-order valence-corrected chi connectivity index (χ1v) is 9.89. The Bertz CT molecular complexity index is 1020. The van der Waals surface area contributed by atoms with Crippen molar-refractivity contribution in [2.45, 2.75) is 44.6 Å². The maximum absolute atomic E-state index is 13.6. The van der Waals surface area contributed by atoms with E-state index < -0.39 is 29.0 Å². The average Bonchev–Trinajstić information content (AvgIpc) is 3.35. The molecule has 0 radical (unpaired) electrons. The lowest BCUT2D eigenvalue weighted by molar-refractivity contribution is -0.143. The first kappa shape index (κ1) is 19.2. The van der Waals surface area contributed by atoms with Gasteiger partial charge in [0.05, 0.1) is 11.6 Å². The number of rotatable bonds is 5. The molecule has 1 saturated carbocycles. The summed E-state index contributed by atoms with van der Waals surface area (Å²) in [5, 5.41) is 20.0. The van der Waals surface area contributed by atoms with Crippen LogP contribution < -0.4 is 0 Å². The quantitative estimate of drug-likeness (QED) is 0.750. The zero-order valence-corrected chi connectivity index (χ0v) is 16.2. The molecule has 0 saturated heterocycles. The Balaban J connectivity index is 1.88. The number of fused-ring (bicyclic) bond motifs is 2. The summed E-state index contributed by atoms with van der Waals surface area (Å²) in [4.78, 5) is 37.6. The Morgan fingerprint density at radius 2 is 1.69 bits per heavy atom. The van der Waals surface area contributed by atoms with E-state index in [1.165, 1.54) is 6.92 Å². The number of carbonyl (C=O) groups excluding carboxylic acids is 2. The Morgan fingerprint density at radius 1 is 1.07 bits per heavy atom. The van der Waals surface area contributed by atoms with Crippen molar-refractivity contribution in [3.05, 3.63) is 53.7 Å². The van der Waals surface area contributed by atoms with Crippen molar-refractivity contribution in [1.82, 2.24) is 4.57 Å². The minimum absolute atomic E-state index is 0.245. The van der Waals surface area contributed by atoms with E-state index in [9.17, 15) is 19.5 Å². The molecule has 6 heteroatoms. The fourth-order valence-corrected chi connectivity index (χ4v) is 4.62. The van der Waals surface area contributed by atoms with Gasteiger partial charge in [0.2, 0.25) is 0 Å². The van der Waals surface area contributed by atoms with E-state index in [-0.39, 0.29) is 17.8 Å². The minimum atomic E-state index is -1.10. The molecule has 4 rings (SSSR count). The van der Waals surface area contributed by atoms with E-state index in [1.54, 1.807) is 6.07 Å². The van der Waals surface area contributed by atoms with Crippen molar-refractivity contribution in [2.75, 3.05) is 0 Å². The number of allylic oxidation sites excluding steroid dienone is 1. The van der Waals surface area contributed by atoms with Crippen LogP contribution in [-0.2, 0) is 19.9 Å². The first-order valence-electron chi connectivity index (χ1n) is 9.89. The van der Waals surface area contributed by atoms with Gasteiger partial charge < -0.3 is 14.8 Å². The van der Waals surface area contributed by atoms with Crippen molar-refractivity contribution in [2.24, 2.45) is 5.92 Å². The number of aliphatic carboxylic acids is 1. The first-order chi connectivity index (χ1) is 13.9. The van der Waals surface area contributed by atoms with Crippen LogP contribution in [0.2, 0.25) is 0 Å². The van der Waals surface area contributed by atoms with Crippen molar-refractivity contribution in [3.63, 3.8) is 0 Å². The fraction of sp³-hybridized carbons (Fsp3) is 0.348. The molecule has 2 aromatic rings. The lowest BCUT2D eigenvalue weighted by Crippen LogP contribution is -2.46. The molecule has 29 heavy (non-hydrogen) atoms. The van der Waals surface area contributed by atoms with Crippen molar-refractivity contribution in [3.8, 4) is 11.3 Å². The second-order valence-corrected chi connectivity index (χ2v) is 7.96. The number of Topliss-reactive ketones (excluding diaryl/α,β-unsaturated/α-hetero) is 2. The Kier molecular flexibility index (Phi) is 4.65. The summed E-state index contributed by atoms with van der Waals surface area (Å²) in [5.74, 6) is -3.38. The third-order valence-electron chi connectivity index (χ3n) is 6.13. The number of carbonyl (C=O) groups is 3. The van der Waals surface area contributed by atoms with Crippen LogP contribution in [0.4, 0.5) is 0 Å². The number of hydrogen-bond acceptors (Lipinski definition) is 4. The largest absolute Gasteiger partial charge is 0.505 e. The van der Waals surface area contributed by atoms with Crippen molar-refractivity contribution in [1.29, 1.82) is 0 Å². The number of aliphatic hydroxyl groups is 1. The van der Waals surface area contributed by atoms with Gasteiger partial charge in [0.1, 0.15) is 11.1 Å². The minimum Gasteiger partial charge on any atom is -0.505 e. The van der Waals surface area contributed by atoms with Crippen LogP contribution in [-0.4, -0.2) is 32.3 Å². The number of hydrogen-bond donors (Lipinski definition) is 2. The molecule has 1 aliphatic heterocycles. The fourth-order valence-electron chi connectivity index (χ4n) is 4.62. The molecule has 2 aliphatic rings. The summed E-state index contributed by atoms with van der Waals surface area (Å²) in [6.45, 7) is 1.42. The van der Waals surface area contributed by atoms with Crippen LogP contribution in [0.1, 0.15) is 44.7 Å². The highest BCUT2D eigenvalue weighted by molar-refractivity contribution is 6.28. The van der Waals surface area contributed by atoms with Crippen molar-refractivity contribution >= 4 is 23.3 Å². The van der Waals surface area contributed by atoms with Gasteiger partial charge in [-0.1, -0.05) is 50.1 Å². The molecule has 1 spiro atoms. The molecule has 1 fully saturated rings. The van der Waals surface area contributed by atoms with Gasteiger partial charge in [0.25, 0.3) is 0 Å². The summed E-state index contributed by atoms with van der Waals surface area (Å²) in [5.41, 5.74) is 1.04. The van der Waals surface area contributed by atoms with Crippen LogP contribution in [0.15, 0.2) is 48.0 Å². The molecule has 1 aliphatic carbocycles. The molecular weight excluding hydrogens is 370 g/mol. The number of carboxylic acids is 1. The van der Waals surface area contributed by atoms with Gasteiger partial charge in [-0.3, -0.25) is 14.4 Å². The van der Waals surface area contributed by atoms with Gasteiger partial charge in [-0.2, -0.15) is 0 Å². The SMILES string of the molecule is C[C@@H](CC(=O)C1=C(O)c2ccc(-c3ccccc3)n2C2(CCCC2)C1=O)C(=O)O. The molecule has 6 nitrogen and oxygen atoms in total. The highest BCUT2D eigenvalue weighted by Crippen LogP contribution is 2.48. The molecule has 2 N–H and O–H groups in total. The van der Waals surface area contributed by atoms with E-state index in [1.807, 2.05) is 41.0 Å². The molecule has 2 heterocycles. The van der Waals surface area contributed by atoms with Gasteiger partial charge >= 0.3 is 5.97 Å². The van der Waals surface area contributed by atoms with Crippen LogP contribution in [0.5, 0.6) is 0 Å². The number of benzene rings is 1. The lowest BCUT2D eigenvalue weighted by Gasteiger charge is -2.37. The Morgan fingerprint density at radius 3 is 2.31 bits per heavy atom. The van der Waals surface area contributed by atoms with Gasteiger partial charge in [-0.25, -0.2) is 0 Å². The normalized spacial score (nSPS) is 18.7. The predicted molar refractivity (Wildman–Crippen MR) is 107 cm³/mol. The summed E-state index contributed by atoms with van der Waals surface area (Å²) < 4.78 is 1.89. The summed E-state index contributed by atoms with van der Waals surface area (Å²) in [6, 6.07) is 13.2. The maximum Gasteiger partial charge on any atom is 0.306 e. The zero-order valence-electron chi connectivity index (χ0n) is 16.2. The number of carboxylic acid groups (broad SMARTS) is 1. The number of ketones is 2. The molecule has 1 atom stereocenters. The second kappa shape index (κ2) is 7.03. The molecule has 150 valence electrons. The third-order valence-corrected chi connectivity index (χ3v) is 6.13. The molecule has 0 amide bonds. The number of aliphatic hydroxyl groups excluding tert-OH is 1. The maximum atomic E-state index is 13.6. The highest BCUT2D eigenvalue weighted by Gasteiger charge is 2.51. The van der Waals surface area contributed by atoms with E-state index in [0.717, 1.165) is 24.1 Å². The van der Waals surface area contributed by atoms with Crippen molar-refractivity contribution < 1.29 is 24.6 Å². The topological polar surface area (TPSA) is 96.6 Å². The van der Waals surface area contributed by atoms with Crippen LogP contribution in [0.25, 0.3) is 17.0 Å². The van der Waals surface area contributed by atoms with Crippen LogP contribution in [0.3, 0.4) is 0 Å². The number of nitrogens with zero attached hydrogens (tertiary/aromatic N) is 1. The van der Waals surface area contributed by atoms with Gasteiger partial charge in [-0.05, 0) is 30.5 Å². The summed E-state index contributed by atoms with van der Waals surface area (Å²) >= 11 is 0. The average molecular weight is 393 g/mol. The Labute approximate surface area is 168 Å². The summed E-state index contributed by atoms with van der Waals surface area (Å²) in [7, 11) is 0. The van der Waals surface area contributed by atoms with E-state index in [2.05, 4.69) is 0 Å². The molecule has 1 aromatic heterocycles. The van der Waals surface area contributed by atoms with Gasteiger partial charge in [0.15, 0.2) is 17.3 Å². The smallest absolute Gasteiger partial charge is 0.306 e. The van der Waals surface area contributed by atoms with Gasteiger partial charge in [0, 0.05) is 12.1 Å². The molecule has 1 aromatic carbocycles. The van der Waals surface area contributed by atoms with E-state index in [0.29, 0.717) is 18.5 Å². The predicted octanol–water partition coefficient (Wildman–Crippen LogP) is 3.96. The number of aromatic nitrogens is 1. The molecular formula is C23H23NO5. The molecule has 0 bridgehead atoms. The standard InChI is InChI=1S/C23H23NO5/c1-14(22(28)29)13-18(25)19-20(26)17-10-9-16(15-7-3-2-4-8-15)24(17)23(21(19)27)11-5-6-12-23/h2-4,7-10,14,26H,5-6,11-13H2,1H3,(H,28,29)/t14-/m0/s1. The Hall–Kier alpha value is -3.15. The van der Waals surface area contributed by atoms with Crippen LogP contribution in [0, 0.1) is 5.92 Å². The highest BCUT2D eigenvalue weighted by atomic mass is 16.4.